The van der Waals surface area contributed by atoms with E-state index < -0.39 is 0 Å². The molecule has 3 heterocycles. The van der Waals surface area contributed by atoms with Gasteiger partial charge < -0.3 is 19.5 Å². The average molecular weight is 308 g/mol. The van der Waals surface area contributed by atoms with E-state index in [2.05, 4.69) is 15.4 Å². The third-order valence-corrected chi connectivity index (χ3v) is 4.65. The van der Waals surface area contributed by atoms with Crippen molar-refractivity contribution < 1.29 is 14.1 Å². The number of carbonyl (C=O) groups is 1. The molecule has 0 radical (unpaired) electrons. The molecule has 2 atom stereocenters. The number of ether oxygens (including phenoxy) is 1. The number of hydrogen-bond donors (Lipinski definition) is 1. The Labute approximate surface area is 130 Å². The van der Waals surface area contributed by atoms with Crippen molar-refractivity contribution in [1.29, 1.82) is 0 Å². The first kappa shape index (κ1) is 15.3. The molecule has 3 rings (SSSR count). The molecule has 22 heavy (non-hydrogen) atoms. The summed E-state index contributed by atoms with van der Waals surface area (Å²) in [5.74, 6) is 1.30. The number of aromatic nitrogens is 1. The highest BCUT2D eigenvalue weighted by molar-refractivity contribution is 5.73. The molecule has 0 aliphatic carbocycles. The van der Waals surface area contributed by atoms with Crippen LogP contribution < -0.4 is 5.32 Å². The van der Waals surface area contributed by atoms with Crippen LogP contribution in [-0.2, 0) is 11.3 Å². The van der Waals surface area contributed by atoms with Crippen LogP contribution in [0.25, 0.3) is 0 Å². The molecule has 122 valence electrons. The molecule has 2 saturated heterocycles. The van der Waals surface area contributed by atoms with Gasteiger partial charge in [0.25, 0.3) is 0 Å². The predicted molar refractivity (Wildman–Crippen MR) is 80.3 cm³/mol. The molecule has 1 aromatic rings. The van der Waals surface area contributed by atoms with Gasteiger partial charge in [-0.25, -0.2) is 4.79 Å². The summed E-state index contributed by atoms with van der Waals surface area (Å²) < 4.78 is 10.8. The number of fused-ring (bicyclic) bond motifs is 1. The summed E-state index contributed by atoms with van der Waals surface area (Å²) in [6, 6.07) is 1.93. The maximum absolute atomic E-state index is 11.8. The van der Waals surface area contributed by atoms with Gasteiger partial charge in [0.1, 0.15) is 5.76 Å². The second-order valence-corrected chi connectivity index (χ2v) is 6.73. The number of urea groups is 1. The van der Waals surface area contributed by atoms with E-state index in [4.69, 9.17) is 9.26 Å². The number of hydrogen-bond acceptors (Lipinski definition) is 5. The van der Waals surface area contributed by atoms with Crippen molar-refractivity contribution in [1.82, 2.24) is 20.3 Å². The molecule has 0 saturated carbocycles. The van der Waals surface area contributed by atoms with E-state index >= 15 is 0 Å². The Morgan fingerprint density at radius 2 is 2.41 bits per heavy atom. The molecule has 2 amide bonds. The maximum atomic E-state index is 11.8. The zero-order chi connectivity index (χ0) is 15.7. The SMILES string of the molecule is Cc1cc(CN2C[C@@H]3COC[C@]3(CNC(=O)N(C)C)C2)no1. The molecule has 0 aromatic carbocycles. The Morgan fingerprint density at radius 3 is 3.09 bits per heavy atom. The smallest absolute Gasteiger partial charge is 0.316 e. The van der Waals surface area contributed by atoms with Crippen molar-refractivity contribution in [2.45, 2.75) is 13.5 Å². The second-order valence-electron chi connectivity index (χ2n) is 6.73. The lowest BCUT2D eigenvalue weighted by atomic mass is 9.81. The number of nitrogens with one attached hydrogen (secondary N) is 1. The van der Waals surface area contributed by atoms with Crippen LogP contribution in [0, 0.1) is 18.3 Å². The van der Waals surface area contributed by atoms with E-state index in [0.717, 1.165) is 37.7 Å². The topological polar surface area (TPSA) is 70.8 Å². The summed E-state index contributed by atoms with van der Waals surface area (Å²) in [6.07, 6.45) is 0. The number of amides is 2. The summed E-state index contributed by atoms with van der Waals surface area (Å²) in [6.45, 7) is 6.72. The lowest BCUT2D eigenvalue weighted by Gasteiger charge is -2.28. The first-order valence-corrected chi connectivity index (χ1v) is 7.66. The van der Waals surface area contributed by atoms with Crippen LogP contribution in [0.2, 0.25) is 0 Å². The highest BCUT2D eigenvalue weighted by atomic mass is 16.5. The van der Waals surface area contributed by atoms with Gasteiger partial charge in [-0.3, -0.25) is 4.90 Å². The van der Waals surface area contributed by atoms with Gasteiger partial charge in [-0.05, 0) is 6.92 Å². The van der Waals surface area contributed by atoms with Crippen LogP contribution in [0.5, 0.6) is 0 Å². The summed E-state index contributed by atoms with van der Waals surface area (Å²) in [5.41, 5.74) is 0.982. The Balaban J connectivity index is 1.62. The van der Waals surface area contributed by atoms with Gasteiger partial charge in [0.15, 0.2) is 0 Å². The molecule has 0 bridgehead atoms. The fraction of sp³-hybridized carbons (Fsp3) is 0.733. The molecule has 2 aliphatic heterocycles. The van der Waals surface area contributed by atoms with Crippen LogP contribution >= 0.6 is 0 Å². The number of nitrogens with zero attached hydrogens (tertiary/aromatic N) is 3. The standard InChI is InChI=1S/C15H24N4O3/c1-11-4-13(17-22-11)6-19-5-12-7-21-10-15(12,9-19)8-16-14(20)18(2)3/h4,12H,5-10H2,1-3H3,(H,16,20)/t12-,15+/m1/s1. The van der Waals surface area contributed by atoms with Gasteiger partial charge >= 0.3 is 6.03 Å². The molecule has 7 nitrogen and oxygen atoms in total. The monoisotopic (exact) mass is 308 g/mol. The third kappa shape index (κ3) is 2.96. The van der Waals surface area contributed by atoms with Crippen molar-refractivity contribution in [3.63, 3.8) is 0 Å². The zero-order valence-electron chi connectivity index (χ0n) is 13.5. The molecule has 0 spiro atoms. The second kappa shape index (κ2) is 5.89. The fourth-order valence-electron chi connectivity index (χ4n) is 3.44. The molecule has 2 aliphatic rings. The van der Waals surface area contributed by atoms with E-state index in [1.807, 2.05) is 13.0 Å². The molecular weight excluding hydrogens is 284 g/mol. The lowest BCUT2D eigenvalue weighted by Crippen LogP contribution is -2.45. The van der Waals surface area contributed by atoms with Gasteiger partial charge in [0.2, 0.25) is 0 Å². The quantitative estimate of drug-likeness (QED) is 0.887. The Kier molecular flexibility index (Phi) is 4.10. The first-order chi connectivity index (χ1) is 10.5. The van der Waals surface area contributed by atoms with Crippen molar-refractivity contribution in [2.24, 2.45) is 11.3 Å². The normalized spacial score (nSPS) is 27.9. The van der Waals surface area contributed by atoms with Crippen molar-refractivity contribution >= 4 is 6.03 Å². The van der Waals surface area contributed by atoms with Crippen molar-refractivity contribution in [3.05, 3.63) is 17.5 Å². The number of carbonyl (C=O) groups excluding carboxylic acids is 1. The number of aryl methyl sites for hydroxylation is 1. The van der Waals surface area contributed by atoms with Crippen molar-refractivity contribution in [3.8, 4) is 0 Å². The van der Waals surface area contributed by atoms with E-state index in [9.17, 15) is 4.79 Å². The lowest BCUT2D eigenvalue weighted by molar-refractivity contribution is 0.124. The molecule has 0 unspecified atom stereocenters. The highest BCUT2D eigenvalue weighted by Crippen LogP contribution is 2.41. The van der Waals surface area contributed by atoms with Crippen LogP contribution in [-0.4, -0.2) is 67.9 Å². The minimum Gasteiger partial charge on any atom is -0.380 e. The molecule has 1 aromatic heterocycles. The fourth-order valence-corrected chi connectivity index (χ4v) is 3.44. The molecule has 1 N–H and O–H groups in total. The van der Waals surface area contributed by atoms with Gasteiger partial charge in [0.05, 0.1) is 18.9 Å². The van der Waals surface area contributed by atoms with Crippen LogP contribution in [0.15, 0.2) is 10.6 Å². The predicted octanol–water partition coefficient (Wildman–Crippen LogP) is 0.703. The molecule has 7 heteroatoms. The maximum Gasteiger partial charge on any atom is 0.316 e. The largest absolute Gasteiger partial charge is 0.380 e. The Bertz CT molecular complexity index is 545. The minimum atomic E-state index is -0.0504. The van der Waals surface area contributed by atoms with E-state index in [-0.39, 0.29) is 11.4 Å². The summed E-state index contributed by atoms with van der Waals surface area (Å²) >= 11 is 0. The van der Waals surface area contributed by atoms with E-state index in [1.54, 1.807) is 19.0 Å². The van der Waals surface area contributed by atoms with Crippen molar-refractivity contribution in [2.75, 3.05) is 46.9 Å². The Morgan fingerprint density at radius 1 is 1.59 bits per heavy atom. The zero-order valence-corrected chi connectivity index (χ0v) is 13.5. The minimum absolute atomic E-state index is 0.0183. The van der Waals surface area contributed by atoms with Gasteiger partial charge in [0, 0.05) is 57.7 Å². The van der Waals surface area contributed by atoms with Gasteiger partial charge in [-0.15, -0.1) is 0 Å². The average Bonchev–Trinajstić information content (AvgIpc) is 3.10. The summed E-state index contributed by atoms with van der Waals surface area (Å²) in [5, 5.41) is 7.09. The highest BCUT2D eigenvalue weighted by Gasteiger charge is 2.50. The summed E-state index contributed by atoms with van der Waals surface area (Å²) in [7, 11) is 3.51. The third-order valence-electron chi connectivity index (χ3n) is 4.65. The molecular formula is C15H24N4O3. The van der Waals surface area contributed by atoms with Crippen LogP contribution in [0.3, 0.4) is 0 Å². The Hall–Kier alpha value is -1.60. The van der Waals surface area contributed by atoms with Crippen LogP contribution in [0.1, 0.15) is 11.5 Å². The first-order valence-electron chi connectivity index (χ1n) is 7.66. The van der Waals surface area contributed by atoms with E-state index in [0.29, 0.717) is 19.1 Å². The number of likely N-dealkylation sites (tertiary alicyclic amines) is 1. The summed E-state index contributed by atoms with van der Waals surface area (Å²) in [4.78, 5) is 15.7. The number of rotatable bonds is 4. The van der Waals surface area contributed by atoms with Gasteiger partial charge in [-0.1, -0.05) is 5.16 Å². The molecule has 2 fully saturated rings. The van der Waals surface area contributed by atoms with Gasteiger partial charge in [-0.2, -0.15) is 0 Å². The van der Waals surface area contributed by atoms with E-state index in [1.165, 1.54) is 0 Å². The van der Waals surface area contributed by atoms with Crippen LogP contribution in [0.4, 0.5) is 4.79 Å².